The van der Waals surface area contributed by atoms with Gasteiger partial charge in [0.05, 0.1) is 9.72 Å². The number of benzene rings is 4. The van der Waals surface area contributed by atoms with E-state index in [0.717, 1.165) is 15.3 Å². The Hall–Kier alpha value is -2.61. The SMILES string of the molecule is Clc1cc(-c2ccccc2)cc2c1sc1ccc(-c3ccccc3)cc12. The van der Waals surface area contributed by atoms with Gasteiger partial charge in [0.15, 0.2) is 0 Å². The minimum Gasteiger partial charge on any atom is -0.134 e. The zero-order valence-electron chi connectivity index (χ0n) is 13.9. The van der Waals surface area contributed by atoms with Crippen LogP contribution in [0.3, 0.4) is 0 Å². The van der Waals surface area contributed by atoms with E-state index in [0.29, 0.717) is 0 Å². The quantitative estimate of drug-likeness (QED) is 0.295. The number of thiophene rings is 1. The second kappa shape index (κ2) is 6.28. The van der Waals surface area contributed by atoms with Crippen LogP contribution in [0.2, 0.25) is 5.02 Å². The van der Waals surface area contributed by atoms with Crippen LogP contribution >= 0.6 is 22.9 Å². The van der Waals surface area contributed by atoms with Gasteiger partial charge in [0.25, 0.3) is 0 Å². The van der Waals surface area contributed by atoms with E-state index in [2.05, 4.69) is 78.9 Å². The zero-order valence-corrected chi connectivity index (χ0v) is 15.5. The lowest BCUT2D eigenvalue weighted by molar-refractivity contribution is 1.65. The molecular weight excluding hydrogens is 356 g/mol. The summed E-state index contributed by atoms with van der Waals surface area (Å²) in [6, 6.07) is 32.0. The van der Waals surface area contributed by atoms with Gasteiger partial charge in [-0.2, -0.15) is 0 Å². The second-order valence-corrected chi connectivity index (χ2v) is 7.84. The van der Waals surface area contributed by atoms with Crippen LogP contribution < -0.4 is 0 Å². The van der Waals surface area contributed by atoms with Crippen LogP contribution in [0.15, 0.2) is 91.0 Å². The van der Waals surface area contributed by atoms with Crippen LogP contribution in [-0.2, 0) is 0 Å². The molecule has 0 fully saturated rings. The number of rotatable bonds is 2. The fraction of sp³-hybridized carbons (Fsp3) is 0. The van der Waals surface area contributed by atoms with Gasteiger partial charge in [0.1, 0.15) is 0 Å². The maximum atomic E-state index is 6.65. The molecule has 0 aliphatic rings. The van der Waals surface area contributed by atoms with Crippen molar-refractivity contribution in [3.8, 4) is 22.3 Å². The van der Waals surface area contributed by atoms with Crippen molar-refractivity contribution in [1.29, 1.82) is 0 Å². The molecular formula is C24H15ClS. The first-order chi connectivity index (χ1) is 12.8. The Labute approximate surface area is 161 Å². The smallest absolute Gasteiger partial charge is 0.0590 e. The molecule has 1 heterocycles. The highest BCUT2D eigenvalue weighted by Crippen LogP contribution is 2.42. The van der Waals surface area contributed by atoms with Crippen LogP contribution in [-0.4, -0.2) is 0 Å². The number of hydrogen-bond acceptors (Lipinski definition) is 1. The normalized spacial score (nSPS) is 11.3. The van der Waals surface area contributed by atoms with Gasteiger partial charge in [-0.1, -0.05) is 78.3 Å². The van der Waals surface area contributed by atoms with E-state index in [9.17, 15) is 0 Å². The third-order valence-electron chi connectivity index (χ3n) is 4.74. The number of halogens is 1. The fourth-order valence-corrected chi connectivity index (χ4v) is 4.85. The lowest BCUT2D eigenvalue weighted by Crippen LogP contribution is -1.79. The van der Waals surface area contributed by atoms with Crippen molar-refractivity contribution >= 4 is 43.1 Å². The van der Waals surface area contributed by atoms with E-state index in [-0.39, 0.29) is 0 Å². The van der Waals surface area contributed by atoms with Gasteiger partial charge in [-0.05, 0) is 46.5 Å². The average Bonchev–Trinajstić information content (AvgIpc) is 3.08. The molecule has 124 valence electrons. The largest absolute Gasteiger partial charge is 0.134 e. The van der Waals surface area contributed by atoms with Gasteiger partial charge in [-0.15, -0.1) is 11.3 Å². The van der Waals surface area contributed by atoms with Crippen molar-refractivity contribution in [2.45, 2.75) is 0 Å². The van der Waals surface area contributed by atoms with Gasteiger partial charge < -0.3 is 0 Å². The van der Waals surface area contributed by atoms with Gasteiger partial charge in [0.2, 0.25) is 0 Å². The minimum atomic E-state index is 0.823. The summed E-state index contributed by atoms with van der Waals surface area (Å²) in [6.45, 7) is 0. The Kier molecular flexibility index (Phi) is 3.77. The summed E-state index contributed by atoms with van der Waals surface area (Å²) in [5.74, 6) is 0. The first-order valence-corrected chi connectivity index (χ1v) is 9.76. The predicted molar refractivity (Wildman–Crippen MR) is 115 cm³/mol. The fourth-order valence-electron chi connectivity index (χ4n) is 3.44. The lowest BCUT2D eigenvalue weighted by Gasteiger charge is -2.05. The summed E-state index contributed by atoms with van der Waals surface area (Å²) < 4.78 is 2.43. The molecule has 0 unspecified atom stereocenters. The van der Waals surface area contributed by atoms with Gasteiger partial charge in [-0.3, -0.25) is 0 Å². The molecule has 2 heteroatoms. The van der Waals surface area contributed by atoms with Crippen molar-refractivity contribution in [2.24, 2.45) is 0 Å². The summed E-state index contributed by atoms with van der Waals surface area (Å²) >= 11 is 8.41. The van der Waals surface area contributed by atoms with Crippen LogP contribution in [0.4, 0.5) is 0 Å². The number of fused-ring (bicyclic) bond motifs is 3. The maximum absolute atomic E-state index is 6.65. The van der Waals surface area contributed by atoms with Crippen LogP contribution in [0.5, 0.6) is 0 Å². The molecule has 1 aromatic heterocycles. The minimum absolute atomic E-state index is 0.823. The van der Waals surface area contributed by atoms with Crippen LogP contribution in [0, 0.1) is 0 Å². The van der Waals surface area contributed by atoms with Crippen molar-refractivity contribution in [3.05, 3.63) is 96.0 Å². The maximum Gasteiger partial charge on any atom is 0.0590 e. The Bertz CT molecular complexity index is 1220. The summed E-state index contributed by atoms with van der Waals surface area (Å²) in [7, 11) is 0. The monoisotopic (exact) mass is 370 g/mol. The summed E-state index contributed by atoms with van der Waals surface area (Å²) in [5, 5.41) is 3.32. The molecule has 0 radical (unpaired) electrons. The molecule has 5 rings (SSSR count). The molecule has 0 aliphatic carbocycles. The highest BCUT2D eigenvalue weighted by atomic mass is 35.5. The van der Waals surface area contributed by atoms with E-state index in [4.69, 9.17) is 11.6 Å². The van der Waals surface area contributed by atoms with Crippen molar-refractivity contribution in [1.82, 2.24) is 0 Å². The van der Waals surface area contributed by atoms with Crippen molar-refractivity contribution in [3.63, 3.8) is 0 Å². The Morgan fingerprint density at radius 2 is 1.15 bits per heavy atom. The van der Waals surface area contributed by atoms with Crippen molar-refractivity contribution in [2.75, 3.05) is 0 Å². The molecule has 0 nitrogen and oxygen atoms in total. The number of hydrogen-bond donors (Lipinski definition) is 0. The zero-order chi connectivity index (χ0) is 17.5. The van der Waals surface area contributed by atoms with E-state index >= 15 is 0 Å². The van der Waals surface area contributed by atoms with Gasteiger partial charge >= 0.3 is 0 Å². The second-order valence-electron chi connectivity index (χ2n) is 6.38. The molecule has 0 aliphatic heterocycles. The molecule has 5 aromatic rings. The first-order valence-electron chi connectivity index (χ1n) is 8.56. The van der Waals surface area contributed by atoms with Crippen molar-refractivity contribution < 1.29 is 0 Å². The predicted octanol–water partition coefficient (Wildman–Crippen LogP) is 8.04. The Morgan fingerprint density at radius 1 is 0.538 bits per heavy atom. The molecule has 0 amide bonds. The van der Waals surface area contributed by atoms with E-state index in [1.807, 2.05) is 12.1 Å². The van der Waals surface area contributed by atoms with E-state index in [1.54, 1.807) is 11.3 Å². The van der Waals surface area contributed by atoms with E-state index < -0.39 is 0 Å². The lowest BCUT2D eigenvalue weighted by atomic mass is 10.0. The molecule has 0 spiro atoms. The Balaban J connectivity index is 1.78. The summed E-state index contributed by atoms with van der Waals surface area (Å²) in [6.07, 6.45) is 0. The molecule has 26 heavy (non-hydrogen) atoms. The highest BCUT2D eigenvalue weighted by molar-refractivity contribution is 7.26. The topological polar surface area (TPSA) is 0 Å². The van der Waals surface area contributed by atoms with Crippen LogP contribution in [0.25, 0.3) is 42.4 Å². The third kappa shape index (κ3) is 2.61. The molecule has 0 N–H and O–H groups in total. The molecule has 0 saturated carbocycles. The van der Waals surface area contributed by atoms with Crippen LogP contribution in [0.1, 0.15) is 0 Å². The average molecular weight is 371 g/mol. The summed E-state index contributed by atoms with van der Waals surface area (Å²) in [5.41, 5.74) is 4.82. The first kappa shape index (κ1) is 15.6. The molecule has 0 saturated heterocycles. The molecule has 0 atom stereocenters. The Morgan fingerprint density at radius 3 is 1.85 bits per heavy atom. The standard InChI is InChI=1S/C24H15ClS/c25-22-15-19(17-9-5-2-6-10-17)14-21-20-13-18(16-7-3-1-4-8-16)11-12-23(20)26-24(21)22/h1-15H. The highest BCUT2D eigenvalue weighted by Gasteiger charge is 2.12. The van der Waals surface area contributed by atoms with Gasteiger partial charge in [-0.25, -0.2) is 0 Å². The third-order valence-corrected chi connectivity index (χ3v) is 6.37. The van der Waals surface area contributed by atoms with Gasteiger partial charge in [0, 0.05) is 15.5 Å². The summed E-state index contributed by atoms with van der Waals surface area (Å²) in [4.78, 5) is 0. The molecule has 0 bridgehead atoms. The molecule has 4 aromatic carbocycles. The van der Waals surface area contributed by atoms with E-state index in [1.165, 1.54) is 32.2 Å².